The Morgan fingerprint density at radius 2 is 1.83 bits per heavy atom. The highest BCUT2D eigenvalue weighted by atomic mass is 16.6. The predicted molar refractivity (Wildman–Crippen MR) is 106 cm³/mol. The number of aromatic nitrogens is 2. The van der Waals surface area contributed by atoms with E-state index in [4.69, 9.17) is 9.47 Å². The average Bonchev–Trinajstić information content (AvgIpc) is 3.11. The van der Waals surface area contributed by atoms with Gasteiger partial charge in [-0.2, -0.15) is 5.10 Å². The van der Waals surface area contributed by atoms with Crippen LogP contribution in [0.4, 0.5) is 4.79 Å². The smallest absolute Gasteiger partial charge is 0.408 e. The van der Waals surface area contributed by atoms with Crippen LogP contribution in [0.2, 0.25) is 0 Å². The van der Waals surface area contributed by atoms with Crippen molar-refractivity contribution in [2.75, 3.05) is 13.7 Å². The summed E-state index contributed by atoms with van der Waals surface area (Å²) in [7, 11) is 1.29. The zero-order chi connectivity index (χ0) is 21.6. The molecule has 156 valence electrons. The first kappa shape index (κ1) is 21.9. The van der Waals surface area contributed by atoms with E-state index in [2.05, 4.69) is 15.7 Å². The standard InChI is InChI=1S/C20H26N4O5/c1-13(22-17(25)12-21-19(27)29-20(2,3)4)15-11-16(18(26)28-5)24(23-15)14-9-7-6-8-10-14/h6-11,13H,12H2,1-5H3,(H,21,27)(H,22,25)/t13-/m0/s1. The average molecular weight is 402 g/mol. The van der Waals surface area contributed by atoms with E-state index in [-0.39, 0.29) is 12.2 Å². The van der Waals surface area contributed by atoms with Crippen LogP contribution in [0, 0.1) is 0 Å². The monoisotopic (exact) mass is 402 g/mol. The first-order chi connectivity index (χ1) is 13.6. The Morgan fingerprint density at radius 3 is 2.41 bits per heavy atom. The second-order valence-electron chi connectivity index (χ2n) is 7.34. The molecule has 9 nitrogen and oxygen atoms in total. The van der Waals surface area contributed by atoms with Gasteiger partial charge in [-0.1, -0.05) is 18.2 Å². The van der Waals surface area contributed by atoms with Crippen LogP contribution in [-0.2, 0) is 14.3 Å². The van der Waals surface area contributed by atoms with Gasteiger partial charge < -0.3 is 20.1 Å². The lowest BCUT2D eigenvalue weighted by Crippen LogP contribution is -2.40. The third kappa shape index (κ3) is 6.34. The summed E-state index contributed by atoms with van der Waals surface area (Å²) < 4.78 is 11.4. The molecule has 0 unspecified atom stereocenters. The van der Waals surface area contributed by atoms with Crippen molar-refractivity contribution in [3.05, 3.63) is 47.8 Å². The summed E-state index contributed by atoms with van der Waals surface area (Å²) >= 11 is 0. The van der Waals surface area contributed by atoms with Crippen LogP contribution in [0.15, 0.2) is 36.4 Å². The second kappa shape index (κ2) is 9.22. The van der Waals surface area contributed by atoms with Gasteiger partial charge in [0, 0.05) is 0 Å². The highest BCUT2D eigenvalue weighted by Gasteiger charge is 2.22. The predicted octanol–water partition coefficient (Wildman–Crippen LogP) is 2.36. The summed E-state index contributed by atoms with van der Waals surface area (Å²) in [4.78, 5) is 35.9. The lowest BCUT2D eigenvalue weighted by molar-refractivity contribution is -0.120. The van der Waals surface area contributed by atoms with Crippen molar-refractivity contribution < 1.29 is 23.9 Å². The van der Waals surface area contributed by atoms with Crippen LogP contribution in [0.25, 0.3) is 5.69 Å². The summed E-state index contributed by atoms with van der Waals surface area (Å²) in [6, 6.07) is 10.2. The number of ether oxygens (including phenoxy) is 2. The van der Waals surface area contributed by atoms with E-state index in [1.54, 1.807) is 45.9 Å². The van der Waals surface area contributed by atoms with Gasteiger partial charge >= 0.3 is 12.1 Å². The van der Waals surface area contributed by atoms with E-state index in [0.717, 1.165) is 0 Å². The topological polar surface area (TPSA) is 112 Å². The van der Waals surface area contributed by atoms with Gasteiger partial charge in [0.2, 0.25) is 5.91 Å². The fourth-order valence-electron chi connectivity index (χ4n) is 2.46. The molecule has 0 bridgehead atoms. The number of nitrogens with one attached hydrogen (secondary N) is 2. The molecule has 0 spiro atoms. The minimum atomic E-state index is -0.679. The van der Waals surface area contributed by atoms with E-state index >= 15 is 0 Å². The molecule has 1 aromatic heterocycles. The largest absolute Gasteiger partial charge is 0.464 e. The van der Waals surface area contributed by atoms with Crippen molar-refractivity contribution in [2.24, 2.45) is 0 Å². The highest BCUT2D eigenvalue weighted by molar-refractivity contribution is 5.88. The number of hydrogen-bond donors (Lipinski definition) is 2. The van der Waals surface area contributed by atoms with E-state index in [0.29, 0.717) is 11.4 Å². The Kier molecular flexibility index (Phi) is 6.98. The first-order valence-electron chi connectivity index (χ1n) is 9.10. The van der Waals surface area contributed by atoms with Gasteiger partial charge in [-0.05, 0) is 45.9 Å². The number of methoxy groups -OCH3 is 1. The lowest BCUT2D eigenvalue weighted by Gasteiger charge is -2.19. The van der Waals surface area contributed by atoms with Gasteiger partial charge in [0.1, 0.15) is 12.1 Å². The molecule has 0 saturated heterocycles. The molecule has 0 radical (unpaired) electrons. The molecule has 2 rings (SSSR count). The number of carbonyl (C=O) groups excluding carboxylic acids is 3. The number of alkyl carbamates (subject to hydrolysis) is 1. The van der Waals surface area contributed by atoms with Gasteiger partial charge in [0.25, 0.3) is 0 Å². The molecule has 1 atom stereocenters. The lowest BCUT2D eigenvalue weighted by atomic mass is 10.2. The maximum atomic E-state index is 12.1. The zero-order valence-electron chi connectivity index (χ0n) is 17.2. The molecule has 2 aromatic rings. The number of para-hydroxylation sites is 1. The quantitative estimate of drug-likeness (QED) is 0.718. The van der Waals surface area contributed by atoms with E-state index < -0.39 is 29.6 Å². The summed E-state index contributed by atoms with van der Waals surface area (Å²) in [6.45, 7) is 6.68. The molecule has 2 amide bonds. The summed E-state index contributed by atoms with van der Waals surface area (Å²) in [5.74, 6) is -0.963. The highest BCUT2D eigenvalue weighted by Crippen LogP contribution is 2.18. The van der Waals surface area contributed by atoms with Crippen molar-refractivity contribution in [2.45, 2.75) is 39.3 Å². The molecule has 29 heavy (non-hydrogen) atoms. The fourth-order valence-corrected chi connectivity index (χ4v) is 2.46. The Bertz CT molecular complexity index is 871. The number of carbonyl (C=O) groups is 3. The van der Waals surface area contributed by atoms with Crippen LogP contribution >= 0.6 is 0 Å². The first-order valence-corrected chi connectivity index (χ1v) is 9.10. The molecule has 1 aromatic carbocycles. The minimum absolute atomic E-state index is 0.238. The van der Waals surface area contributed by atoms with E-state index in [1.165, 1.54) is 11.8 Å². The van der Waals surface area contributed by atoms with Crippen molar-refractivity contribution in [3.63, 3.8) is 0 Å². The number of amides is 2. The Balaban J connectivity index is 2.08. The van der Waals surface area contributed by atoms with Gasteiger partial charge in [-0.3, -0.25) is 4.79 Å². The zero-order valence-corrected chi connectivity index (χ0v) is 17.2. The summed E-state index contributed by atoms with van der Waals surface area (Å²) in [5, 5.41) is 9.55. The molecule has 0 saturated carbocycles. The molecule has 0 aliphatic carbocycles. The number of rotatable bonds is 6. The molecular formula is C20H26N4O5. The van der Waals surface area contributed by atoms with Crippen molar-refractivity contribution in [3.8, 4) is 5.69 Å². The number of esters is 1. The van der Waals surface area contributed by atoms with Crippen molar-refractivity contribution in [1.29, 1.82) is 0 Å². The number of nitrogens with zero attached hydrogens (tertiary/aromatic N) is 2. The normalized spacial score (nSPS) is 12.0. The molecule has 2 N–H and O–H groups in total. The molecular weight excluding hydrogens is 376 g/mol. The minimum Gasteiger partial charge on any atom is -0.464 e. The van der Waals surface area contributed by atoms with Gasteiger partial charge in [0.05, 0.1) is 24.5 Å². The van der Waals surface area contributed by atoms with Crippen LogP contribution < -0.4 is 10.6 Å². The van der Waals surface area contributed by atoms with Crippen molar-refractivity contribution in [1.82, 2.24) is 20.4 Å². The van der Waals surface area contributed by atoms with Gasteiger partial charge in [-0.25, -0.2) is 14.3 Å². The van der Waals surface area contributed by atoms with Crippen LogP contribution in [0.1, 0.15) is 49.9 Å². The third-order valence-corrected chi connectivity index (χ3v) is 3.74. The van der Waals surface area contributed by atoms with Crippen LogP contribution in [-0.4, -0.2) is 47.0 Å². The Morgan fingerprint density at radius 1 is 1.17 bits per heavy atom. The Labute approximate surface area is 169 Å². The van der Waals surface area contributed by atoms with Crippen molar-refractivity contribution >= 4 is 18.0 Å². The molecule has 0 aliphatic heterocycles. The SMILES string of the molecule is COC(=O)c1cc([C@H](C)NC(=O)CNC(=O)OC(C)(C)C)nn1-c1ccccc1. The van der Waals surface area contributed by atoms with Crippen LogP contribution in [0.3, 0.4) is 0 Å². The Hall–Kier alpha value is -3.36. The number of benzene rings is 1. The van der Waals surface area contributed by atoms with E-state index in [1.807, 2.05) is 18.2 Å². The third-order valence-electron chi connectivity index (χ3n) is 3.74. The maximum Gasteiger partial charge on any atom is 0.408 e. The molecule has 0 fully saturated rings. The second-order valence-corrected chi connectivity index (χ2v) is 7.34. The van der Waals surface area contributed by atoms with Gasteiger partial charge in [0.15, 0.2) is 5.69 Å². The van der Waals surface area contributed by atoms with E-state index in [9.17, 15) is 14.4 Å². The molecule has 9 heteroatoms. The number of hydrogen-bond acceptors (Lipinski definition) is 6. The summed E-state index contributed by atoms with van der Waals surface area (Å²) in [5.41, 5.74) is 0.744. The van der Waals surface area contributed by atoms with Gasteiger partial charge in [-0.15, -0.1) is 0 Å². The fraction of sp³-hybridized carbons (Fsp3) is 0.400. The van der Waals surface area contributed by atoms with Crippen LogP contribution in [0.5, 0.6) is 0 Å². The molecule has 0 aliphatic rings. The molecule has 1 heterocycles. The maximum absolute atomic E-state index is 12.1. The summed E-state index contributed by atoms with van der Waals surface area (Å²) in [6.07, 6.45) is -0.679.